The number of ether oxygens (including phenoxy) is 1. The van der Waals surface area contributed by atoms with Gasteiger partial charge in [-0.25, -0.2) is 8.42 Å². The summed E-state index contributed by atoms with van der Waals surface area (Å²) in [5.41, 5.74) is 0.630. The van der Waals surface area contributed by atoms with Crippen molar-refractivity contribution in [1.82, 2.24) is 4.31 Å². The van der Waals surface area contributed by atoms with Crippen LogP contribution >= 0.6 is 11.6 Å². The summed E-state index contributed by atoms with van der Waals surface area (Å²) in [7, 11) is -3.66. The third kappa shape index (κ3) is 5.50. The zero-order valence-electron chi connectivity index (χ0n) is 16.5. The van der Waals surface area contributed by atoms with E-state index < -0.39 is 15.9 Å². The van der Waals surface area contributed by atoms with Gasteiger partial charge in [0.2, 0.25) is 15.9 Å². The molecular weight excluding hydrogens is 412 g/mol. The lowest BCUT2D eigenvalue weighted by molar-refractivity contribution is -0.120. The second-order valence-corrected chi connectivity index (χ2v) is 9.71. The molecule has 6 nitrogen and oxygen atoms in total. The normalized spacial score (nSPS) is 17.9. The van der Waals surface area contributed by atoms with E-state index in [1.807, 2.05) is 26.0 Å². The predicted molar refractivity (Wildman–Crippen MR) is 114 cm³/mol. The van der Waals surface area contributed by atoms with Gasteiger partial charge in [-0.05, 0) is 63.1 Å². The Bertz CT molecular complexity index is 961. The van der Waals surface area contributed by atoms with Gasteiger partial charge in [-0.1, -0.05) is 17.7 Å². The van der Waals surface area contributed by atoms with E-state index in [1.54, 1.807) is 24.3 Å². The minimum Gasteiger partial charge on any atom is -0.491 e. The molecule has 1 aliphatic heterocycles. The maximum atomic E-state index is 12.9. The summed E-state index contributed by atoms with van der Waals surface area (Å²) < 4.78 is 32.8. The molecule has 0 unspecified atom stereocenters. The molecule has 0 aromatic heterocycles. The minimum atomic E-state index is -3.66. The van der Waals surface area contributed by atoms with Crippen LogP contribution in [0.25, 0.3) is 0 Å². The zero-order chi connectivity index (χ0) is 21.0. The maximum absolute atomic E-state index is 12.9. The van der Waals surface area contributed by atoms with Crippen LogP contribution in [-0.4, -0.2) is 37.8 Å². The molecule has 156 valence electrons. The topological polar surface area (TPSA) is 75.7 Å². The monoisotopic (exact) mass is 436 g/mol. The molecule has 2 aromatic rings. The molecular formula is C21H25ClN2O4S. The van der Waals surface area contributed by atoms with Gasteiger partial charge in [-0.2, -0.15) is 4.31 Å². The molecule has 29 heavy (non-hydrogen) atoms. The van der Waals surface area contributed by atoms with Crippen molar-refractivity contribution in [3.63, 3.8) is 0 Å². The van der Waals surface area contributed by atoms with Crippen molar-refractivity contribution in [2.45, 2.75) is 37.7 Å². The van der Waals surface area contributed by atoms with Crippen LogP contribution < -0.4 is 10.1 Å². The Labute approximate surface area is 176 Å². The molecule has 0 spiro atoms. The molecule has 0 radical (unpaired) electrons. The van der Waals surface area contributed by atoms with E-state index >= 15 is 0 Å². The lowest BCUT2D eigenvalue weighted by Gasteiger charge is -2.31. The van der Waals surface area contributed by atoms with Gasteiger partial charge in [-0.15, -0.1) is 0 Å². The molecule has 1 fully saturated rings. The van der Waals surface area contributed by atoms with Gasteiger partial charge in [-0.3, -0.25) is 4.79 Å². The number of carbonyl (C=O) groups is 1. The molecule has 8 heteroatoms. The second-order valence-electron chi connectivity index (χ2n) is 7.34. The van der Waals surface area contributed by atoms with Gasteiger partial charge in [0.05, 0.1) is 16.9 Å². The molecule has 0 bridgehead atoms. The highest BCUT2D eigenvalue weighted by Gasteiger charge is 2.33. The highest BCUT2D eigenvalue weighted by atomic mass is 35.5. The summed E-state index contributed by atoms with van der Waals surface area (Å²) in [6.45, 7) is 4.41. The molecule has 3 rings (SSSR count). The Morgan fingerprint density at radius 2 is 1.93 bits per heavy atom. The third-order valence-electron chi connectivity index (χ3n) is 4.68. The molecule has 1 atom stereocenters. The number of benzene rings is 2. The second kappa shape index (κ2) is 9.15. The fourth-order valence-electron chi connectivity index (χ4n) is 3.29. The van der Waals surface area contributed by atoms with E-state index in [0.29, 0.717) is 35.8 Å². The summed E-state index contributed by atoms with van der Waals surface area (Å²) in [6, 6.07) is 13.3. The number of carbonyl (C=O) groups excluding carboxylic acids is 1. The third-order valence-corrected chi connectivity index (χ3v) is 6.81. The Kier molecular flexibility index (Phi) is 6.82. The number of nitrogens with zero attached hydrogens (tertiary/aromatic N) is 1. The summed E-state index contributed by atoms with van der Waals surface area (Å²) in [4.78, 5) is 12.9. The standard InChI is InChI=1S/C21H25ClN2O4S/c1-15(2)28-19-7-3-6-18(13-19)23-21(25)16-5-4-12-24(14-16)29(26,27)20-10-8-17(22)9-11-20/h3,6-11,13,15-16H,4-5,12,14H2,1-2H3,(H,23,25)/t16-/m1/s1. The van der Waals surface area contributed by atoms with Crippen molar-refractivity contribution in [2.24, 2.45) is 5.92 Å². The number of rotatable bonds is 6. The predicted octanol–water partition coefficient (Wildman–Crippen LogP) is 4.17. The lowest BCUT2D eigenvalue weighted by atomic mass is 9.98. The minimum absolute atomic E-state index is 0.0333. The van der Waals surface area contributed by atoms with Crippen LogP contribution in [0.2, 0.25) is 5.02 Å². The van der Waals surface area contributed by atoms with Crippen molar-refractivity contribution in [3.8, 4) is 5.75 Å². The van der Waals surface area contributed by atoms with Crippen molar-refractivity contribution >= 4 is 33.2 Å². The summed E-state index contributed by atoms with van der Waals surface area (Å²) in [6.07, 6.45) is 1.30. The molecule has 2 aromatic carbocycles. The molecule has 0 saturated carbocycles. The van der Waals surface area contributed by atoms with Crippen LogP contribution in [0.5, 0.6) is 5.75 Å². The molecule has 1 heterocycles. The fourth-order valence-corrected chi connectivity index (χ4v) is 4.94. The van der Waals surface area contributed by atoms with E-state index in [9.17, 15) is 13.2 Å². The van der Waals surface area contributed by atoms with Gasteiger partial charge in [0.1, 0.15) is 5.75 Å². The molecule has 1 N–H and O–H groups in total. The van der Waals surface area contributed by atoms with E-state index in [1.165, 1.54) is 16.4 Å². The van der Waals surface area contributed by atoms with Crippen LogP contribution in [0.3, 0.4) is 0 Å². The van der Waals surface area contributed by atoms with Crippen molar-refractivity contribution in [1.29, 1.82) is 0 Å². The summed E-state index contributed by atoms with van der Waals surface area (Å²) in [5.74, 6) is 0.0663. The van der Waals surface area contributed by atoms with Gasteiger partial charge in [0.25, 0.3) is 0 Å². The number of nitrogens with one attached hydrogen (secondary N) is 1. The number of hydrogen-bond acceptors (Lipinski definition) is 4. The van der Waals surface area contributed by atoms with E-state index in [2.05, 4.69) is 5.32 Å². The Balaban J connectivity index is 1.69. The summed E-state index contributed by atoms with van der Waals surface area (Å²) in [5, 5.41) is 3.36. The van der Waals surface area contributed by atoms with Gasteiger partial charge in [0.15, 0.2) is 0 Å². The van der Waals surface area contributed by atoms with Crippen molar-refractivity contribution < 1.29 is 17.9 Å². The molecule has 1 aliphatic rings. The van der Waals surface area contributed by atoms with Gasteiger partial charge in [0, 0.05) is 29.9 Å². The Morgan fingerprint density at radius 1 is 1.21 bits per heavy atom. The first-order valence-corrected chi connectivity index (χ1v) is 11.4. The van der Waals surface area contributed by atoms with Crippen molar-refractivity contribution in [3.05, 3.63) is 53.6 Å². The van der Waals surface area contributed by atoms with Crippen LogP contribution in [-0.2, 0) is 14.8 Å². The zero-order valence-corrected chi connectivity index (χ0v) is 18.0. The number of amides is 1. The average Bonchev–Trinajstić information content (AvgIpc) is 2.68. The molecule has 0 aliphatic carbocycles. The SMILES string of the molecule is CC(C)Oc1cccc(NC(=O)[C@@H]2CCCN(S(=O)(=O)c3ccc(Cl)cc3)C2)c1. The molecule has 1 saturated heterocycles. The molecule has 1 amide bonds. The fraction of sp³-hybridized carbons (Fsp3) is 0.381. The first kappa shape index (κ1) is 21.6. The largest absolute Gasteiger partial charge is 0.491 e. The van der Waals surface area contributed by atoms with E-state index in [0.717, 1.165) is 0 Å². The highest BCUT2D eigenvalue weighted by molar-refractivity contribution is 7.89. The van der Waals surface area contributed by atoms with Gasteiger partial charge < -0.3 is 10.1 Å². The highest BCUT2D eigenvalue weighted by Crippen LogP contribution is 2.26. The average molecular weight is 437 g/mol. The quantitative estimate of drug-likeness (QED) is 0.737. The number of piperidine rings is 1. The number of halogens is 1. The number of hydrogen-bond donors (Lipinski definition) is 1. The number of sulfonamides is 1. The summed E-state index contributed by atoms with van der Waals surface area (Å²) >= 11 is 5.86. The number of anilines is 1. The lowest BCUT2D eigenvalue weighted by Crippen LogP contribution is -2.43. The van der Waals surface area contributed by atoms with Crippen molar-refractivity contribution in [2.75, 3.05) is 18.4 Å². The first-order valence-electron chi connectivity index (χ1n) is 9.59. The smallest absolute Gasteiger partial charge is 0.243 e. The Morgan fingerprint density at radius 3 is 2.62 bits per heavy atom. The van der Waals surface area contributed by atoms with Crippen LogP contribution in [0.15, 0.2) is 53.4 Å². The van der Waals surface area contributed by atoms with Crippen LogP contribution in [0.1, 0.15) is 26.7 Å². The Hall–Kier alpha value is -2.09. The first-order chi connectivity index (χ1) is 13.8. The maximum Gasteiger partial charge on any atom is 0.243 e. The van der Waals surface area contributed by atoms with E-state index in [4.69, 9.17) is 16.3 Å². The van der Waals surface area contributed by atoms with Crippen LogP contribution in [0, 0.1) is 5.92 Å². The van der Waals surface area contributed by atoms with Crippen LogP contribution in [0.4, 0.5) is 5.69 Å². The van der Waals surface area contributed by atoms with E-state index in [-0.39, 0.29) is 23.5 Å². The van der Waals surface area contributed by atoms with Gasteiger partial charge >= 0.3 is 0 Å².